The standard InChI is InChI=1S/C12H16F3N.ClH/c1-8(2)7-9-3-5-10(6-4-9)11(16)12(13,14)15;/h3-6,8,11H,7,16H2,1-2H3;1H/t11-;/m1./s1. The fourth-order valence-corrected chi connectivity index (χ4v) is 1.52. The number of nitrogens with two attached hydrogens (primary N) is 1. The van der Waals surface area contributed by atoms with Crippen LogP contribution in [0.1, 0.15) is 31.0 Å². The molecule has 0 spiro atoms. The Kier molecular flexibility index (Phi) is 5.99. The second-order valence-electron chi connectivity index (χ2n) is 4.36. The molecule has 0 saturated heterocycles. The van der Waals surface area contributed by atoms with E-state index in [1.165, 1.54) is 12.1 Å². The van der Waals surface area contributed by atoms with Gasteiger partial charge in [0.1, 0.15) is 6.04 Å². The van der Waals surface area contributed by atoms with E-state index in [2.05, 4.69) is 13.8 Å². The van der Waals surface area contributed by atoms with Crippen molar-refractivity contribution in [3.63, 3.8) is 0 Å². The summed E-state index contributed by atoms with van der Waals surface area (Å²) in [7, 11) is 0. The summed E-state index contributed by atoms with van der Waals surface area (Å²) in [5.41, 5.74) is 6.24. The van der Waals surface area contributed by atoms with Crippen LogP contribution in [0.2, 0.25) is 0 Å². The topological polar surface area (TPSA) is 26.0 Å². The van der Waals surface area contributed by atoms with Gasteiger partial charge >= 0.3 is 6.18 Å². The van der Waals surface area contributed by atoms with Gasteiger partial charge in [-0.05, 0) is 23.5 Å². The third-order valence-electron chi connectivity index (χ3n) is 2.34. The van der Waals surface area contributed by atoms with Gasteiger partial charge in [-0.15, -0.1) is 12.4 Å². The Labute approximate surface area is 106 Å². The lowest BCUT2D eigenvalue weighted by atomic mass is 9.99. The summed E-state index contributed by atoms with van der Waals surface area (Å²) in [5, 5.41) is 0. The molecule has 1 rings (SSSR count). The summed E-state index contributed by atoms with van der Waals surface area (Å²) in [5.74, 6) is 0.488. The van der Waals surface area contributed by atoms with E-state index >= 15 is 0 Å². The summed E-state index contributed by atoms with van der Waals surface area (Å²) in [6.45, 7) is 4.13. The Morgan fingerprint density at radius 1 is 1.12 bits per heavy atom. The third-order valence-corrected chi connectivity index (χ3v) is 2.34. The Balaban J connectivity index is 0.00000256. The molecule has 0 aliphatic carbocycles. The molecule has 0 fully saturated rings. The van der Waals surface area contributed by atoms with Gasteiger partial charge in [-0.3, -0.25) is 0 Å². The average molecular weight is 268 g/mol. The Morgan fingerprint density at radius 3 is 1.94 bits per heavy atom. The largest absolute Gasteiger partial charge is 0.407 e. The SMILES string of the molecule is CC(C)Cc1ccc([C@@H](N)C(F)(F)F)cc1.Cl. The highest BCUT2D eigenvalue weighted by molar-refractivity contribution is 5.85. The van der Waals surface area contributed by atoms with Crippen LogP contribution in [-0.2, 0) is 6.42 Å². The summed E-state index contributed by atoms with van der Waals surface area (Å²) in [6, 6.07) is 4.44. The molecule has 98 valence electrons. The molecule has 1 atom stereocenters. The van der Waals surface area contributed by atoms with Crippen LogP contribution < -0.4 is 5.73 Å². The average Bonchev–Trinajstić information content (AvgIpc) is 2.15. The zero-order valence-electron chi connectivity index (χ0n) is 9.79. The lowest BCUT2D eigenvalue weighted by Crippen LogP contribution is -2.28. The van der Waals surface area contributed by atoms with Crippen LogP contribution in [0.4, 0.5) is 13.2 Å². The van der Waals surface area contributed by atoms with Crippen molar-refractivity contribution < 1.29 is 13.2 Å². The van der Waals surface area contributed by atoms with Crippen molar-refractivity contribution in [2.45, 2.75) is 32.5 Å². The van der Waals surface area contributed by atoms with Crippen LogP contribution in [0.25, 0.3) is 0 Å². The van der Waals surface area contributed by atoms with Crippen molar-refractivity contribution in [1.29, 1.82) is 0 Å². The lowest BCUT2D eigenvalue weighted by molar-refractivity contribution is -0.149. The first-order valence-electron chi connectivity index (χ1n) is 5.22. The maximum absolute atomic E-state index is 12.3. The van der Waals surface area contributed by atoms with Gasteiger partial charge in [0.05, 0.1) is 0 Å². The van der Waals surface area contributed by atoms with Crippen molar-refractivity contribution in [1.82, 2.24) is 0 Å². The van der Waals surface area contributed by atoms with Crippen LogP contribution >= 0.6 is 12.4 Å². The van der Waals surface area contributed by atoms with Crippen molar-refractivity contribution >= 4 is 12.4 Å². The summed E-state index contributed by atoms with van der Waals surface area (Å²) < 4.78 is 37.0. The van der Waals surface area contributed by atoms with Gasteiger partial charge in [0, 0.05) is 0 Å². The Hall–Kier alpha value is -0.740. The van der Waals surface area contributed by atoms with Gasteiger partial charge in [0.25, 0.3) is 0 Å². The van der Waals surface area contributed by atoms with Gasteiger partial charge in [0.2, 0.25) is 0 Å². The summed E-state index contributed by atoms with van der Waals surface area (Å²) >= 11 is 0. The first kappa shape index (κ1) is 16.3. The molecule has 0 bridgehead atoms. The van der Waals surface area contributed by atoms with E-state index in [1.807, 2.05) is 0 Å². The molecule has 0 unspecified atom stereocenters. The summed E-state index contributed by atoms with van der Waals surface area (Å²) in [6.07, 6.45) is -3.51. The molecule has 0 aromatic heterocycles. The van der Waals surface area contributed by atoms with E-state index < -0.39 is 12.2 Å². The van der Waals surface area contributed by atoms with Gasteiger partial charge in [-0.2, -0.15) is 13.2 Å². The fraction of sp³-hybridized carbons (Fsp3) is 0.500. The van der Waals surface area contributed by atoms with Gasteiger partial charge in [-0.25, -0.2) is 0 Å². The number of alkyl halides is 3. The maximum Gasteiger partial charge on any atom is 0.407 e. The molecule has 1 aromatic carbocycles. The van der Waals surface area contributed by atoms with Crippen molar-refractivity contribution in [2.24, 2.45) is 11.7 Å². The molecule has 0 heterocycles. The predicted molar refractivity (Wildman–Crippen MR) is 65.2 cm³/mol. The lowest BCUT2D eigenvalue weighted by Gasteiger charge is -2.16. The van der Waals surface area contributed by atoms with E-state index in [9.17, 15) is 13.2 Å². The number of rotatable bonds is 3. The molecule has 1 nitrogen and oxygen atoms in total. The van der Waals surface area contributed by atoms with E-state index in [0.717, 1.165) is 12.0 Å². The first-order chi connectivity index (χ1) is 7.30. The minimum atomic E-state index is -4.38. The fourth-order valence-electron chi connectivity index (χ4n) is 1.52. The zero-order valence-corrected chi connectivity index (χ0v) is 10.6. The molecule has 0 radical (unpaired) electrons. The van der Waals surface area contributed by atoms with E-state index in [4.69, 9.17) is 5.73 Å². The molecule has 0 aliphatic heterocycles. The third kappa shape index (κ3) is 4.96. The van der Waals surface area contributed by atoms with Crippen molar-refractivity contribution in [3.05, 3.63) is 35.4 Å². The minimum Gasteiger partial charge on any atom is -0.316 e. The first-order valence-corrected chi connectivity index (χ1v) is 5.22. The van der Waals surface area contributed by atoms with Crippen LogP contribution in [0.3, 0.4) is 0 Å². The highest BCUT2D eigenvalue weighted by Gasteiger charge is 2.37. The monoisotopic (exact) mass is 267 g/mol. The molecule has 17 heavy (non-hydrogen) atoms. The Bertz CT molecular complexity index is 333. The number of benzene rings is 1. The normalized spacial score (nSPS) is 13.4. The Morgan fingerprint density at radius 2 is 1.59 bits per heavy atom. The molecular weight excluding hydrogens is 251 g/mol. The zero-order chi connectivity index (χ0) is 12.3. The van der Waals surface area contributed by atoms with Gasteiger partial charge < -0.3 is 5.73 Å². The quantitative estimate of drug-likeness (QED) is 0.884. The van der Waals surface area contributed by atoms with Crippen molar-refractivity contribution in [3.8, 4) is 0 Å². The minimum absolute atomic E-state index is 0. The molecule has 2 N–H and O–H groups in total. The number of halogens is 4. The van der Waals surface area contributed by atoms with Crippen molar-refractivity contribution in [2.75, 3.05) is 0 Å². The maximum atomic E-state index is 12.3. The second kappa shape index (κ2) is 6.26. The highest BCUT2D eigenvalue weighted by Crippen LogP contribution is 2.30. The smallest absolute Gasteiger partial charge is 0.316 e. The molecule has 0 aliphatic rings. The van der Waals surface area contributed by atoms with E-state index in [0.29, 0.717) is 5.92 Å². The molecule has 0 saturated carbocycles. The molecule has 1 aromatic rings. The van der Waals surface area contributed by atoms with Gasteiger partial charge in [-0.1, -0.05) is 38.1 Å². The molecule has 5 heteroatoms. The number of hydrogen-bond acceptors (Lipinski definition) is 1. The molecule has 0 amide bonds. The predicted octanol–water partition coefficient (Wildman–Crippen LogP) is 3.87. The molecular formula is C12H17ClF3N. The van der Waals surface area contributed by atoms with Gasteiger partial charge in [0.15, 0.2) is 0 Å². The number of hydrogen-bond donors (Lipinski definition) is 1. The van der Waals surface area contributed by atoms with Crippen LogP contribution in [0, 0.1) is 5.92 Å². The summed E-state index contributed by atoms with van der Waals surface area (Å²) in [4.78, 5) is 0. The van der Waals surface area contributed by atoms with Crippen LogP contribution in [0.15, 0.2) is 24.3 Å². The van der Waals surface area contributed by atoms with E-state index in [1.54, 1.807) is 12.1 Å². The highest BCUT2D eigenvalue weighted by atomic mass is 35.5. The van der Waals surface area contributed by atoms with Crippen LogP contribution in [-0.4, -0.2) is 6.18 Å². The van der Waals surface area contributed by atoms with Crippen LogP contribution in [0.5, 0.6) is 0 Å². The second-order valence-corrected chi connectivity index (χ2v) is 4.36. The van der Waals surface area contributed by atoms with E-state index in [-0.39, 0.29) is 18.0 Å².